The number of ether oxygens (including phenoxy) is 2. The Bertz CT molecular complexity index is 5340. The van der Waals surface area contributed by atoms with Crippen molar-refractivity contribution in [2.75, 3.05) is 43.8 Å². The lowest BCUT2D eigenvalue weighted by Crippen LogP contribution is -2.54. The number of rotatable bonds is 8. The van der Waals surface area contributed by atoms with Gasteiger partial charge in [-0.2, -0.15) is 0 Å². The first kappa shape index (κ1) is 95.4. The number of nitrogens with two attached hydrogens (primary N) is 3. The van der Waals surface area contributed by atoms with E-state index in [-0.39, 0.29) is 154 Å². The number of carbonyl (C=O) groups is 6. The Hall–Kier alpha value is -10.4. The number of nitrogens with zero attached hydrogens (tertiary/aromatic N) is 12. The number of amides is 6. The zero-order valence-electron chi connectivity index (χ0n) is 68.1. The highest BCUT2D eigenvalue weighted by atomic mass is 79.9. The first-order valence-electron chi connectivity index (χ1n) is 35.3. The summed E-state index contributed by atoms with van der Waals surface area (Å²) in [5.74, 6) is 0.788. The smallest absolute Gasteiger partial charge is 0.413 e. The van der Waals surface area contributed by atoms with Gasteiger partial charge in [0.15, 0.2) is 0 Å². The molecule has 4 aliphatic rings. The Morgan fingerprint density at radius 3 is 0.846 bits per heavy atom. The predicted molar refractivity (Wildman–Crippen MR) is 458 cm³/mol. The van der Waals surface area contributed by atoms with E-state index < -0.39 is 73.8 Å². The molecule has 8 aromatic rings. The third-order valence-electron chi connectivity index (χ3n) is 19.3. The van der Waals surface area contributed by atoms with Crippen LogP contribution in [-0.2, 0) is 32.1 Å². The molecular formula is C74H95BrCl6N24O12. The number of anilines is 11. The highest BCUT2D eigenvalue weighted by molar-refractivity contribution is 9.10. The van der Waals surface area contributed by atoms with Gasteiger partial charge < -0.3 is 63.9 Å². The summed E-state index contributed by atoms with van der Waals surface area (Å²) in [4.78, 5) is 156. The summed E-state index contributed by atoms with van der Waals surface area (Å²) in [6.45, 7) is 41.0. The Kier molecular flexibility index (Phi) is 28.2. The van der Waals surface area contributed by atoms with E-state index in [0.29, 0.717) is 21.9 Å². The minimum absolute atomic E-state index is 0. The zero-order chi connectivity index (χ0) is 86.6. The molecule has 15 N–H and O–H groups in total. The maximum atomic E-state index is 13.4. The number of pyridine rings is 4. The van der Waals surface area contributed by atoms with Crippen LogP contribution in [0.5, 0.6) is 0 Å². The lowest BCUT2D eigenvalue weighted by Gasteiger charge is -2.40. The van der Waals surface area contributed by atoms with Crippen molar-refractivity contribution in [2.24, 2.45) is 21.7 Å². The molecule has 0 aliphatic carbocycles. The van der Waals surface area contributed by atoms with Crippen LogP contribution in [0.1, 0.15) is 194 Å². The summed E-state index contributed by atoms with van der Waals surface area (Å²) in [6.07, 6.45) is 3.82. The van der Waals surface area contributed by atoms with Gasteiger partial charge in [-0.1, -0.05) is 129 Å². The minimum atomic E-state index is -0.993. The molecule has 117 heavy (non-hydrogen) atoms. The van der Waals surface area contributed by atoms with Crippen molar-refractivity contribution in [2.45, 2.75) is 186 Å². The predicted octanol–water partition coefficient (Wildman–Crippen LogP) is 13.0. The lowest BCUT2D eigenvalue weighted by molar-refractivity contribution is 0.0624. The molecule has 43 heteroatoms. The number of hydrogen-bond acceptors (Lipinski definition) is 26. The molecule has 0 saturated heterocycles. The van der Waals surface area contributed by atoms with Crippen molar-refractivity contribution in [1.29, 1.82) is 0 Å². The molecule has 0 spiro atoms. The fraction of sp³-hybridized carbons (Fsp3) is 0.432. The number of nitrogen functional groups attached to an aromatic ring is 3. The van der Waals surface area contributed by atoms with Crippen LogP contribution >= 0.6 is 87.1 Å². The fourth-order valence-electron chi connectivity index (χ4n) is 11.6. The number of nitrogens with one attached hydrogen (secondary N) is 9. The number of carbonyl (C=O) groups excluding carboxylic acids is 6. The second kappa shape index (κ2) is 34.6. The highest BCUT2D eigenvalue weighted by Crippen LogP contribution is 2.45. The molecule has 4 atom stereocenters. The molecule has 0 bridgehead atoms. The van der Waals surface area contributed by atoms with Gasteiger partial charge in [0, 0.05) is 45.9 Å². The van der Waals surface area contributed by atoms with Gasteiger partial charge in [-0.3, -0.25) is 67.3 Å². The Morgan fingerprint density at radius 2 is 0.590 bits per heavy atom. The normalized spacial score (nSPS) is 18.2. The van der Waals surface area contributed by atoms with Crippen LogP contribution in [0.15, 0.2) is 97.5 Å². The summed E-state index contributed by atoms with van der Waals surface area (Å²) in [5, 5.41) is 25.9. The van der Waals surface area contributed by atoms with Gasteiger partial charge in [0.05, 0.1) is 24.6 Å². The van der Waals surface area contributed by atoms with Gasteiger partial charge >= 0.3 is 12.2 Å². The third kappa shape index (κ3) is 20.4. The number of aromatic nitrogens is 12. The maximum absolute atomic E-state index is 13.4. The van der Waals surface area contributed by atoms with Gasteiger partial charge in [-0.15, -0.1) is 24.8 Å². The van der Waals surface area contributed by atoms with Crippen molar-refractivity contribution in [3.8, 4) is 0 Å². The Morgan fingerprint density at radius 1 is 0.368 bits per heavy atom. The summed E-state index contributed by atoms with van der Waals surface area (Å²) < 4.78 is 16.2. The standard InChI is InChI=1S/C21H27ClN6O4.2C16H19ClN6O2.C12H14BrClN2O2.C9H14N4O2.2ClH/c1-19(2,3)21(7)27-16(29)15-11(22)8-12(17(30)28(15)21)25-13-9-14(24-10-23-13)26-18(31)32-20(4,5)6;2*1-15(2,3)16(4)22-13(24)12-8(17)5-9(14(25)23(12)16)21-11-6-10(18)19-7-20-11;1-11(2,3)12(4)15-9(17)8-7(14)5-6(13)10(18)16(8)12;1-9(2,3)15-8(14)13-7-4-6(10)11-5-12-7;;/h8-10H,1-7H3,(H,27,29)(H2,23,24,25,26,31);2*5-7H,1-4H3,(H,22,24)(H3,18,19,20,21);5H,1-4H3,(H,15,17);4-5H,1-3H3,(H3,10,11,12,13,14);2*1H. The summed E-state index contributed by atoms with van der Waals surface area (Å²) in [5.41, 5.74) is 9.81. The summed E-state index contributed by atoms with van der Waals surface area (Å²) in [6, 6.07) is 11.6. The van der Waals surface area contributed by atoms with Crippen molar-refractivity contribution >= 4 is 187 Å². The molecule has 4 aliphatic heterocycles. The van der Waals surface area contributed by atoms with E-state index in [1.807, 2.05) is 90.0 Å². The molecule has 0 fully saturated rings. The van der Waals surface area contributed by atoms with Gasteiger partial charge in [-0.05, 0) is 109 Å². The zero-order valence-corrected chi connectivity index (χ0v) is 74.4. The van der Waals surface area contributed by atoms with Crippen LogP contribution in [0.25, 0.3) is 0 Å². The molecule has 36 nitrogen and oxygen atoms in total. The molecular weight excluding hydrogens is 1710 g/mol. The van der Waals surface area contributed by atoms with E-state index in [1.54, 1.807) is 62.3 Å². The topological polar surface area (TPSA) is 498 Å². The molecule has 12 heterocycles. The van der Waals surface area contributed by atoms with Gasteiger partial charge in [0.1, 0.15) is 146 Å². The van der Waals surface area contributed by atoms with Crippen molar-refractivity contribution in [1.82, 2.24) is 79.4 Å². The summed E-state index contributed by atoms with van der Waals surface area (Å²) in [7, 11) is 0. The second-order valence-corrected chi connectivity index (χ2v) is 36.0. The van der Waals surface area contributed by atoms with Crippen molar-refractivity contribution in [3.63, 3.8) is 0 Å². The number of fused-ring (bicyclic) bond motifs is 4. The second-order valence-electron chi connectivity index (χ2n) is 33.5. The van der Waals surface area contributed by atoms with E-state index in [9.17, 15) is 47.9 Å². The van der Waals surface area contributed by atoms with Crippen LogP contribution < -0.4 is 87.3 Å². The average molecular weight is 1810 g/mol. The maximum Gasteiger partial charge on any atom is 0.413 e. The van der Waals surface area contributed by atoms with Crippen LogP contribution in [0, 0.1) is 21.7 Å². The SMILES string of the molecule is CC(C)(C)C1(C)NC(=O)c2c(Cl)cc(Br)c(=O)n21.CC(C)(C)C1(C)NC(=O)c2c(Cl)cc(Nc3cc(N)ncn3)c(=O)n21.CC(C)(C)C1(C)NC(=O)c2c(Cl)cc(Nc3cc(N)ncn3)c(=O)n21.CC(C)(C)OC(=O)Nc1cc(N)ncn1.CC(C)(C)OC(=O)Nc1cc(Nc2cc(Cl)c3n(c2=O)C(C)(C(C)(C)C)NC3=O)ncn1.Cl.Cl. The van der Waals surface area contributed by atoms with E-state index in [0.717, 1.165) is 0 Å². The quantitative estimate of drug-likeness (QED) is 0.0672. The molecule has 8 aromatic heterocycles. The average Bonchev–Trinajstić information content (AvgIpc) is 1.60. The molecule has 6 amide bonds. The van der Waals surface area contributed by atoms with Crippen molar-refractivity contribution < 1.29 is 38.2 Å². The third-order valence-corrected chi connectivity index (χ3v) is 21.0. The summed E-state index contributed by atoms with van der Waals surface area (Å²) >= 11 is 28.2. The Labute approximate surface area is 713 Å². The first-order valence-corrected chi connectivity index (χ1v) is 37.6. The largest absolute Gasteiger partial charge is 0.444 e. The van der Waals surface area contributed by atoms with Crippen LogP contribution in [0.2, 0.25) is 20.1 Å². The number of hydrogen-bond donors (Lipinski definition) is 12. The fourth-order valence-corrected chi connectivity index (χ4v) is 13.3. The van der Waals surface area contributed by atoms with Gasteiger partial charge in [0.2, 0.25) is 0 Å². The molecule has 12 rings (SSSR count). The Balaban J connectivity index is 0.000000231. The van der Waals surface area contributed by atoms with E-state index >= 15 is 0 Å². The molecule has 0 radical (unpaired) electrons. The number of halogens is 7. The first-order chi connectivity index (χ1) is 52.7. The van der Waals surface area contributed by atoms with E-state index in [1.165, 1.54) is 92.1 Å². The van der Waals surface area contributed by atoms with E-state index in [4.69, 9.17) is 73.1 Å². The molecule has 632 valence electrons. The lowest BCUT2D eigenvalue weighted by atomic mass is 9.81. The van der Waals surface area contributed by atoms with Crippen molar-refractivity contribution in [3.05, 3.63) is 163 Å². The molecule has 4 unspecified atom stereocenters. The van der Waals surface area contributed by atoms with Crippen LogP contribution in [-0.4, -0.2) is 105 Å². The monoisotopic (exact) mass is 1800 g/mol. The van der Waals surface area contributed by atoms with E-state index in [2.05, 4.69) is 104 Å². The minimum Gasteiger partial charge on any atom is -0.444 e. The van der Waals surface area contributed by atoms with Crippen LogP contribution in [0.4, 0.5) is 73.2 Å². The van der Waals surface area contributed by atoms with Crippen LogP contribution in [0.3, 0.4) is 0 Å². The highest BCUT2D eigenvalue weighted by Gasteiger charge is 2.53. The van der Waals surface area contributed by atoms with Gasteiger partial charge in [0.25, 0.3) is 45.9 Å². The molecule has 0 saturated carbocycles. The van der Waals surface area contributed by atoms with Gasteiger partial charge in [-0.25, -0.2) is 49.5 Å². The molecule has 0 aromatic carbocycles.